The summed E-state index contributed by atoms with van der Waals surface area (Å²) in [5.74, 6) is -4.08. The third kappa shape index (κ3) is 4.08. The normalized spacial score (nSPS) is 26.1. The van der Waals surface area contributed by atoms with E-state index in [4.69, 9.17) is 13.9 Å². The summed E-state index contributed by atoms with van der Waals surface area (Å²) in [4.78, 5) is 24.6. The highest BCUT2D eigenvalue weighted by atomic mass is 16.7. The second kappa shape index (κ2) is 9.29. The van der Waals surface area contributed by atoms with E-state index >= 15 is 0 Å². The van der Waals surface area contributed by atoms with E-state index in [0.717, 1.165) is 12.1 Å². The molecule has 8 N–H and O–H groups in total. The number of carboxylic acids is 1. The van der Waals surface area contributed by atoms with E-state index in [9.17, 15) is 45.3 Å². The maximum atomic E-state index is 12.7. The smallest absolute Gasteiger partial charge is 0.340 e. The molecule has 5 atom stereocenters. The zero-order valence-electron chi connectivity index (χ0n) is 18.7. The number of carboxylic acid groups (broad SMARTS) is 1. The van der Waals surface area contributed by atoms with Gasteiger partial charge in [-0.15, -0.1) is 0 Å². The standard InChI is InChI=1S/C23H23NO12/c1-24-8-23(22(32)33)20(31)18(29)19(30)21(36-23)35-14-7-13-15(17(28)16(14)27)11(26)6-12(34-13)9-2-4-10(25)5-3-9/h2-7,18-21,24-25,27-31H,8H2,1H3,(H,32,33)/t18-,19-,20+,21-,23-/m1/s1. The van der Waals surface area contributed by atoms with Crippen LogP contribution in [-0.4, -0.2) is 85.5 Å². The predicted molar refractivity (Wildman–Crippen MR) is 121 cm³/mol. The van der Waals surface area contributed by atoms with E-state index in [0.29, 0.717) is 5.56 Å². The van der Waals surface area contributed by atoms with Crippen LogP contribution in [0.4, 0.5) is 0 Å². The summed E-state index contributed by atoms with van der Waals surface area (Å²) < 4.78 is 16.5. The quantitative estimate of drug-likeness (QED) is 0.197. The Morgan fingerprint density at radius 3 is 2.33 bits per heavy atom. The summed E-state index contributed by atoms with van der Waals surface area (Å²) in [6, 6.07) is 7.75. The van der Waals surface area contributed by atoms with E-state index in [1.54, 1.807) is 0 Å². The molecule has 0 saturated carbocycles. The van der Waals surface area contributed by atoms with E-state index in [2.05, 4.69) is 5.32 Å². The molecule has 0 unspecified atom stereocenters. The van der Waals surface area contributed by atoms with Crippen LogP contribution < -0.4 is 15.5 Å². The number of phenolic OH excluding ortho intramolecular Hbond substituents is 3. The molecule has 2 heterocycles. The Morgan fingerprint density at radius 2 is 1.72 bits per heavy atom. The van der Waals surface area contributed by atoms with Crippen molar-refractivity contribution in [2.24, 2.45) is 0 Å². The van der Waals surface area contributed by atoms with Crippen LogP contribution in [0.15, 0.2) is 45.6 Å². The number of benzene rings is 2. The molecule has 0 radical (unpaired) electrons. The Balaban J connectivity index is 1.78. The number of fused-ring (bicyclic) bond motifs is 1. The Bertz CT molecular complexity index is 1350. The van der Waals surface area contributed by atoms with Crippen LogP contribution in [-0.2, 0) is 9.53 Å². The molecule has 36 heavy (non-hydrogen) atoms. The number of ether oxygens (including phenoxy) is 2. The molecule has 1 aromatic heterocycles. The number of aliphatic hydroxyl groups is 3. The number of nitrogens with one attached hydrogen (secondary N) is 1. The van der Waals surface area contributed by atoms with Crippen molar-refractivity contribution in [3.63, 3.8) is 0 Å². The molecule has 4 rings (SSSR count). The van der Waals surface area contributed by atoms with Crippen LogP contribution in [0, 0.1) is 0 Å². The van der Waals surface area contributed by atoms with Crippen LogP contribution >= 0.6 is 0 Å². The minimum atomic E-state index is -2.44. The van der Waals surface area contributed by atoms with Crippen molar-refractivity contribution in [1.29, 1.82) is 0 Å². The maximum Gasteiger partial charge on any atom is 0.340 e. The van der Waals surface area contributed by atoms with Crippen molar-refractivity contribution in [3.8, 4) is 34.3 Å². The SMILES string of the molecule is CNC[C@@]1(C(=O)O)O[C@@H](Oc2cc3oc(-c4ccc(O)cc4)cc(=O)c3c(O)c2O)[C@H](O)[C@@H](O)[C@@H]1O. The van der Waals surface area contributed by atoms with Crippen LogP contribution in [0.25, 0.3) is 22.3 Å². The summed E-state index contributed by atoms with van der Waals surface area (Å²) in [5, 5.41) is 73.1. The first-order valence-electron chi connectivity index (χ1n) is 10.6. The van der Waals surface area contributed by atoms with E-state index in [1.165, 1.54) is 31.3 Å². The van der Waals surface area contributed by atoms with Gasteiger partial charge in [0.05, 0.1) is 0 Å². The Morgan fingerprint density at radius 1 is 1.06 bits per heavy atom. The lowest BCUT2D eigenvalue weighted by Crippen LogP contribution is -2.71. The van der Waals surface area contributed by atoms with Gasteiger partial charge < -0.3 is 55.0 Å². The van der Waals surface area contributed by atoms with E-state index in [1.807, 2.05) is 0 Å². The lowest BCUT2D eigenvalue weighted by atomic mass is 9.86. The molecule has 1 aliphatic heterocycles. The largest absolute Gasteiger partial charge is 0.508 e. The number of rotatable bonds is 6. The molecule has 0 spiro atoms. The first kappa shape index (κ1) is 25.2. The second-order valence-electron chi connectivity index (χ2n) is 8.22. The molecular formula is C23H23NO12. The molecule has 0 aliphatic carbocycles. The molecule has 13 heteroatoms. The first-order chi connectivity index (χ1) is 17.0. The fourth-order valence-electron chi connectivity index (χ4n) is 3.98. The summed E-state index contributed by atoms with van der Waals surface area (Å²) in [6.45, 7) is -0.493. The Hall–Kier alpha value is -3.88. The highest BCUT2D eigenvalue weighted by Gasteiger charge is 2.59. The van der Waals surface area contributed by atoms with Crippen molar-refractivity contribution in [2.75, 3.05) is 13.6 Å². The average molecular weight is 505 g/mol. The van der Waals surface area contributed by atoms with Gasteiger partial charge in [0, 0.05) is 24.2 Å². The molecule has 2 aromatic carbocycles. The number of aliphatic hydroxyl groups excluding tert-OH is 3. The molecule has 0 amide bonds. The highest BCUT2D eigenvalue weighted by molar-refractivity contribution is 5.89. The molecule has 13 nitrogen and oxygen atoms in total. The minimum Gasteiger partial charge on any atom is -0.508 e. The molecule has 1 aliphatic rings. The Labute approximate surface area is 202 Å². The van der Waals surface area contributed by atoms with Crippen molar-refractivity contribution >= 4 is 16.9 Å². The van der Waals surface area contributed by atoms with Gasteiger partial charge in [0.25, 0.3) is 0 Å². The monoisotopic (exact) mass is 505 g/mol. The molecule has 1 fully saturated rings. The van der Waals surface area contributed by atoms with Gasteiger partial charge in [-0.05, 0) is 31.3 Å². The van der Waals surface area contributed by atoms with Gasteiger partial charge in [-0.25, -0.2) is 4.79 Å². The van der Waals surface area contributed by atoms with Gasteiger partial charge in [-0.3, -0.25) is 4.79 Å². The predicted octanol–water partition coefficient (Wildman–Crippen LogP) is -0.563. The number of aromatic hydroxyl groups is 3. The summed E-state index contributed by atoms with van der Waals surface area (Å²) in [6.07, 6.45) is -8.00. The van der Waals surface area contributed by atoms with Crippen molar-refractivity contribution in [1.82, 2.24) is 5.32 Å². The van der Waals surface area contributed by atoms with Crippen LogP contribution in [0.5, 0.6) is 23.0 Å². The molecule has 3 aromatic rings. The van der Waals surface area contributed by atoms with Gasteiger partial charge in [0.1, 0.15) is 40.8 Å². The summed E-state index contributed by atoms with van der Waals surface area (Å²) in [5.41, 5.74) is -3.00. The summed E-state index contributed by atoms with van der Waals surface area (Å²) >= 11 is 0. The second-order valence-corrected chi connectivity index (χ2v) is 8.22. The molecule has 1 saturated heterocycles. The van der Waals surface area contributed by atoms with Crippen molar-refractivity contribution in [3.05, 3.63) is 46.6 Å². The maximum absolute atomic E-state index is 12.7. The van der Waals surface area contributed by atoms with Gasteiger partial charge in [-0.2, -0.15) is 0 Å². The number of phenols is 3. The lowest BCUT2D eigenvalue weighted by Gasteiger charge is -2.45. The van der Waals surface area contributed by atoms with Gasteiger partial charge in [-0.1, -0.05) is 0 Å². The fraction of sp³-hybridized carbons (Fsp3) is 0.304. The van der Waals surface area contributed by atoms with Crippen molar-refractivity contribution < 1.29 is 54.4 Å². The van der Waals surface area contributed by atoms with E-state index < -0.39 is 70.8 Å². The van der Waals surface area contributed by atoms with Gasteiger partial charge in [0.15, 0.2) is 16.9 Å². The lowest BCUT2D eigenvalue weighted by molar-refractivity contribution is -0.305. The van der Waals surface area contributed by atoms with E-state index in [-0.39, 0.29) is 17.1 Å². The number of likely N-dealkylation sites (N-methyl/N-ethyl adjacent to an activating group) is 1. The van der Waals surface area contributed by atoms with Crippen LogP contribution in [0.1, 0.15) is 0 Å². The average Bonchev–Trinajstić information content (AvgIpc) is 2.83. The molecule has 0 bridgehead atoms. The number of hydrogen-bond acceptors (Lipinski definition) is 12. The molecular weight excluding hydrogens is 482 g/mol. The number of hydrogen-bond donors (Lipinski definition) is 8. The first-order valence-corrected chi connectivity index (χ1v) is 10.6. The summed E-state index contributed by atoms with van der Waals surface area (Å²) in [7, 11) is 1.37. The zero-order valence-corrected chi connectivity index (χ0v) is 18.7. The van der Waals surface area contributed by atoms with Gasteiger partial charge >= 0.3 is 5.97 Å². The minimum absolute atomic E-state index is 0.0193. The topological polar surface area (TPSA) is 219 Å². The van der Waals surface area contributed by atoms with Crippen LogP contribution in [0.3, 0.4) is 0 Å². The Kier molecular flexibility index (Phi) is 6.51. The fourth-order valence-corrected chi connectivity index (χ4v) is 3.98. The molecule has 192 valence electrons. The van der Waals surface area contributed by atoms with Crippen molar-refractivity contribution in [2.45, 2.75) is 30.2 Å². The highest BCUT2D eigenvalue weighted by Crippen LogP contribution is 2.43. The number of aliphatic carboxylic acids is 1. The number of carbonyl (C=O) groups is 1. The van der Waals surface area contributed by atoms with Gasteiger partial charge in [0.2, 0.25) is 17.6 Å². The zero-order chi connectivity index (χ0) is 26.4. The third-order valence-corrected chi connectivity index (χ3v) is 5.88. The van der Waals surface area contributed by atoms with Crippen LogP contribution in [0.2, 0.25) is 0 Å². The third-order valence-electron chi connectivity index (χ3n) is 5.88.